The maximum Gasteiger partial charge on any atom is 0.328 e. The molecule has 36 heavy (non-hydrogen) atoms. The standard InChI is InChI=1S/C19H16N8O.C4H4O4/c28-7-6-26-12-15(9-22-26)17-10-21-18-19(23-17)27(25-24-18)11-13-3-4-16-14(8-13)2-1-5-20-16;5-3(6)1-2-4(7)8/h1-5,8-10,12,28H,6-7,11H2;1-2H,(H,5,6)(H,7,8). The van der Waals surface area contributed by atoms with E-state index < -0.39 is 11.9 Å². The van der Waals surface area contributed by atoms with Gasteiger partial charge in [-0.2, -0.15) is 5.10 Å². The fraction of sp³-hybridized carbons (Fsp3) is 0.130. The van der Waals surface area contributed by atoms with E-state index in [0.29, 0.717) is 42.2 Å². The first-order valence-electron chi connectivity index (χ1n) is 10.6. The first-order chi connectivity index (χ1) is 17.4. The second kappa shape index (κ2) is 10.9. The minimum Gasteiger partial charge on any atom is -0.478 e. The number of hydrogen-bond acceptors (Lipinski definition) is 9. The van der Waals surface area contributed by atoms with Gasteiger partial charge in [0.25, 0.3) is 0 Å². The molecule has 0 radical (unpaired) electrons. The number of pyridine rings is 1. The number of hydrogen-bond donors (Lipinski definition) is 3. The molecule has 0 atom stereocenters. The van der Waals surface area contributed by atoms with Crippen molar-refractivity contribution < 1.29 is 24.9 Å². The highest BCUT2D eigenvalue weighted by atomic mass is 16.4. The topological polar surface area (TPSA) is 182 Å². The van der Waals surface area contributed by atoms with Gasteiger partial charge in [-0.25, -0.2) is 24.2 Å². The lowest BCUT2D eigenvalue weighted by atomic mass is 10.1. The van der Waals surface area contributed by atoms with Gasteiger partial charge >= 0.3 is 11.9 Å². The first-order valence-corrected chi connectivity index (χ1v) is 10.6. The Bertz CT molecular complexity index is 1540. The first kappa shape index (κ1) is 24.1. The summed E-state index contributed by atoms with van der Waals surface area (Å²) in [7, 11) is 0. The molecule has 0 spiro atoms. The summed E-state index contributed by atoms with van der Waals surface area (Å²) in [6, 6.07) is 10.1. The largest absolute Gasteiger partial charge is 0.478 e. The average Bonchev–Trinajstić information content (AvgIpc) is 3.50. The number of aliphatic carboxylic acids is 2. The number of aromatic nitrogens is 8. The summed E-state index contributed by atoms with van der Waals surface area (Å²) in [6.07, 6.45) is 8.09. The Morgan fingerprint density at radius 3 is 2.58 bits per heavy atom. The molecule has 13 nitrogen and oxygen atoms in total. The summed E-state index contributed by atoms with van der Waals surface area (Å²) in [5.41, 5.74) is 4.65. The van der Waals surface area contributed by atoms with Gasteiger partial charge in [-0.15, -0.1) is 5.10 Å². The van der Waals surface area contributed by atoms with Gasteiger partial charge in [0.15, 0.2) is 5.65 Å². The Morgan fingerprint density at radius 1 is 1.03 bits per heavy atom. The van der Waals surface area contributed by atoms with E-state index in [2.05, 4.69) is 36.4 Å². The Hall–Kier alpha value is -5.04. The number of nitrogens with zero attached hydrogens (tertiary/aromatic N) is 8. The number of aliphatic hydroxyl groups is 1. The van der Waals surface area contributed by atoms with E-state index in [1.165, 1.54) is 0 Å². The zero-order chi connectivity index (χ0) is 25.5. The molecule has 0 unspecified atom stereocenters. The van der Waals surface area contributed by atoms with Crippen molar-refractivity contribution in [1.29, 1.82) is 0 Å². The Labute approximate surface area is 203 Å². The molecule has 0 aliphatic carbocycles. The quantitative estimate of drug-likeness (QED) is 0.281. The maximum atomic E-state index is 9.55. The summed E-state index contributed by atoms with van der Waals surface area (Å²) in [6.45, 7) is 0.999. The molecular formula is C23H20N8O5. The van der Waals surface area contributed by atoms with Gasteiger partial charge in [-0.3, -0.25) is 9.67 Å². The third-order valence-corrected chi connectivity index (χ3v) is 4.85. The second-order valence-corrected chi connectivity index (χ2v) is 7.41. The number of benzene rings is 1. The van der Waals surface area contributed by atoms with E-state index in [1.807, 2.05) is 30.5 Å². The normalized spacial score (nSPS) is 11.0. The molecule has 0 saturated carbocycles. The number of aliphatic hydroxyl groups excluding tert-OH is 1. The fourth-order valence-corrected chi connectivity index (χ4v) is 3.26. The third-order valence-electron chi connectivity index (χ3n) is 4.85. The lowest BCUT2D eigenvalue weighted by Gasteiger charge is -2.04. The number of carboxylic acids is 2. The minimum atomic E-state index is -1.26. The van der Waals surface area contributed by atoms with Crippen LogP contribution in [0.4, 0.5) is 0 Å². The van der Waals surface area contributed by atoms with Gasteiger partial charge in [0.05, 0.1) is 43.3 Å². The van der Waals surface area contributed by atoms with Crippen molar-refractivity contribution >= 4 is 34.1 Å². The second-order valence-electron chi connectivity index (χ2n) is 7.41. The molecule has 5 rings (SSSR count). The van der Waals surface area contributed by atoms with Crippen LogP contribution < -0.4 is 0 Å². The SMILES string of the molecule is O=C(O)C=CC(=O)O.OCCn1cc(-c2cnc3nnn(Cc4ccc5ncccc5c4)c3n2)cn1. The smallest absolute Gasteiger partial charge is 0.328 e. The van der Waals surface area contributed by atoms with E-state index in [9.17, 15) is 9.59 Å². The van der Waals surface area contributed by atoms with E-state index in [-0.39, 0.29) is 6.61 Å². The van der Waals surface area contributed by atoms with E-state index in [0.717, 1.165) is 22.0 Å². The third kappa shape index (κ3) is 5.90. The fourth-order valence-electron chi connectivity index (χ4n) is 3.26. The van der Waals surface area contributed by atoms with Gasteiger partial charge in [0.1, 0.15) is 0 Å². The molecule has 0 aliphatic heterocycles. The van der Waals surface area contributed by atoms with Crippen molar-refractivity contribution in [3.05, 3.63) is 72.8 Å². The molecule has 13 heteroatoms. The molecule has 0 fully saturated rings. The van der Waals surface area contributed by atoms with Gasteiger partial charge in [-0.05, 0) is 23.8 Å². The van der Waals surface area contributed by atoms with Crippen LogP contribution >= 0.6 is 0 Å². The highest BCUT2D eigenvalue weighted by molar-refractivity contribution is 5.89. The van der Waals surface area contributed by atoms with Crippen LogP contribution in [-0.2, 0) is 22.7 Å². The van der Waals surface area contributed by atoms with Crippen LogP contribution in [0.25, 0.3) is 33.5 Å². The van der Waals surface area contributed by atoms with Crippen LogP contribution in [0.3, 0.4) is 0 Å². The van der Waals surface area contributed by atoms with Crippen LogP contribution in [0, 0.1) is 0 Å². The molecule has 182 valence electrons. The molecule has 3 N–H and O–H groups in total. The number of carboxylic acid groups (broad SMARTS) is 2. The predicted molar refractivity (Wildman–Crippen MR) is 127 cm³/mol. The van der Waals surface area contributed by atoms with Crippen LogP contribution in [0.1, 0.15) is 5.56 Å². The highest BCUT2D eigenvalue weighted by Crippen LogP contribution is 2.19. The molecule has 4 aromatic heterocycles. The number of fused-ring (bicyclic) bond motifs is 2. The maximum absolute atomic E-state index is 9.55. The summed E-state index contributed by atoms with van der Waals surface area (Å²) in [5.74, 6) is -2.51. The summed E-state index contributed by atoms with van der Waals surface area (Å²) in [4.78, 5) is 32.5. The zero-order valence-electron chi connectivity index (χ0n) is 18.7. The molecular weight excluding hydrogens is 468 g/mol. The van der Waals surface area contributed by atoms with Crippen LogP contribution in [-0.4, -0.2) is 73.6 Å². The van der Waals surface area contributed by atoms with Gasteiger partial charge in [-0.1, -0.05) is 17.3 Å². The Balaban J connectivity index is 0.000000331. The van der Waals surface area contributed by atoms with Crippen LogP contribution in [0.5, 0.6) is 0 Å². The molecule has 4 heterocycles. The molecule has 0 amide bonds. The van der Waals surface area contributed by atoms with Gasteiger partial charge in [0.2, 0.25) is 5.65 Å². The minimum absolute atomic E-state index is 0.0315. The zero-order valence-corrected chi connectivity index (χ0v) is 18.7. The van der Waals surface area contributed by atoms with Crippen molar-refractivity contribution in [3.8, 4) is 11.3 Å². The van der Waals surface area contributed by atoms with Crippen molar-refractivity contribution in [1.82, 2.24) is 39.7 Å². The average molecular weight is 488 g/mol. The lowest BCUT2D eigenvalue weighted by Crippen LogP contribution is -2.03. The predicted octanol–water partition coefficient (Wildman–Crippen LogP) is 1.39. The van der Waals surface area contributed by atoms with E-state index in [4.69, 9.17) is 15.3 Å². The summed E-state index contributed by atoms with van der Waals surface area (Å²) < 4.78 is 3.40. The number of rotatable bonds is 7. The Kier molecular flexibility index (Phi) is 7.31. The molecule has 0 aliphatic rings. The van der Waals surface area contributed by atoms with Crippen molar-refractivity contribution in [3.63, 3.8) is 0 Å². The number of carbonyl (C=O) groups is 2. The molecule has 0 saturated heterocycles. The summed E-state index contributed by atoms with van der Waals surface area (Å²) in [5, 5.41) is 38.3. The highest BCUT2D eigenvalue weighted by Gasteiger charge is 2.12. The summed E-state index contributed by atoms with van der Waals surface area (Å²) >= 11 is 0. The van der Waals surface area contributed by atoms with E-state index in [1.54, 1.807) is 28.0 Å². The molecule has 1 aromatic carbocycles. The van der Waals surface area contributed by atoms with Gasteiger partial charge in [0, 0.05) is 35.5 Å². The van der Waals surface area contributed by atoms with Crippen molar-refractivity contribution in [2.75, 3.05) is 6.61 Å². The van der Waals surface area contributed by atoms with E-state index >= 15 is 0 Å². The Morgan fingerprint density at radius 2 is 1.83 bits per heavy atom. The molecule has 0 bridgehead atoms. The molecule has 5 aromatic rings. The monoisotopic (exact) mass is 488 g/mol. The van der Waals surface area contributed by atoms with Crippen molar-refractivity contribution in [2.45, 2.75) is 13.1 Å². The van der Waals surface area contributed by atoms with Crippen molar-refractivity contribution in [2.24, 2.45) is 0 Å². The van der Waals surface area contributed by atoms with Crippen LogP contribution in [0.15, 0.2) is 67.3 Å². The van der Waals surface area contributed by atoms with Gasteiger partial charge < -0.3 is 15.3 Å². The van der Waals surface area contributed by atoms with Crippen LogP contribution in [0.2, 0.25) is 0 Å². The lowest BCUT2D eigenvalue weighted by molar-refractivity contribution is -0.134.